The number of hydrogen-bond acceptors (Lipinski definition) is 2. The number of nitrogens with zero attached hydrogens (tertiary/aromatic N) is 2. The molecule has 1 aromatic carbocycles. The smallest absolute Gasteiger partial charge is 0.0644 e. The number of rotatable bonds is 5. The summed E-state index contributed by atoms with van der Waals surface area (Å²) in [7, 11) is 0. The Morgan fingerprint density at radius 2 is 1.86 bits per heavy atom. The van der Waals surface area contributed by atoms with E-state index in [1.54, 1.807) is 0 Å². The van der Waals surface area contributed by atoms with Gasteiger partial charge in [-0.1, -0.05) is 29.8 Å². The highest BCUT2D eigenvalue weighted by atomic mass is 35.5. The van der Waals surface area contributed by atoms with E-state index in [9.17, 15) is 0 Å². The van der Waals surface area contributed by atoms with Gasteiger partial charge >= 0.3 is 0 Å². The van der Waals surface area contributed by atoms with Crippen LogP contribution in [0.5, 0.6) is 0 Å². The van der Waals surface area contributed by atoms with Gasteiger partial charge in [0.15, 0.2) is 0 Å². The molecule has 0 bridgehead atoms. The summed E-state index contributed by atoms with van der Waals surface area (Å²) in [5, 5.41) is 9.04. The molecule has 2 aromatic rings. The first-order valence-corrected chi connectivity index (χ1v) is 7.87. The van der Waals surface area contributed by atoms with E-state index in [-0.39, 0.29) is 12.1 Å². The van der Waals surface area contributed by atoms with Gasteiger partial charge in [0.2, 0.25) is 0 Å². The minimum absolute atomic E-state index is 0.192. The molecule has 1 unspecified atom stereocenters. The van der Waals surface area contributed by atoms with Crippen molar-refractivity contribution in [2.24, 2.45) is 0 Å². The van der Waals surface area contributed by atoms with Crippen LogP contribution in [0.1, 0.15) is 55.4 Å². The van der Waals surface area contributed by atoms with Crippen molar-refractivity contribution in [1.82, 2.24) is 15.1 Å². The molecule has 0 saturated heterocycles. The average Bonchev–Trinajstić information content (AvgIpc) is 2.73. The predicted octanol–water partition coefficient (Wildman–Crippen LogP) is 4.59. The first-order valence-electron chi connectivity index (χ1n) is 7.50. The second-order valence-corrected chi connectivity index (χ2v) is 5.94. The molecule has 0 aliphatic carbocycles. The number of halogens is 1. The average molecular weight is 306 g/mol. The van der Waals surface area contributed by atoms with Gasteiger partial charge in [0, 0.05) is 34.9 Å². The van der Waals surface area contributed by atoms with Crippen LogP contribution < -0.4 is 5.32 Å². The number of aromatic nitrogens is 2. The molecule has 1 N–H and O–H groups in total. The lowest BCUT2D eigenvalue weighted by Gasteiger charge is -2.22. The Balaban J connectivity index is 2.20. The molecule has 4 heteroatoms. The topological polar surface area (TPSA) is 29.9 Å². The molecule has 0 aliphatic rings. The van der Waals surface area contributed by atoms with Crippen LogP contribution in [0.2, 0.25) is 5.02 Å². The maximum absolute atomic E-state index is 6.28. The third kappa shape index (κ3) is 3.30. The van der Waals surface area contributed by atoms with E-state index in [0.717, 1.165) is 22.8 Å². The van der Waals surface area contributed by atoms with Gasteiger partial charge in [0.05, 0.1) is 5.69 Å². The van der Waals surface area contributed by atoms with Crippen LogP contribution in [0, 0.1) is 13.8 Å². The van der Waals surface area contributed by atoms with Crippen molar-refractivity contribution in [3.05, 3.63) is 51.8 Å². The maximum atomic E-state index is 6.28. The SMILES string of the molecule is CCn1nc(C)c(C(C)N[C@H](C)c2ccccc2Cl)c1C. The third-order valence-corrected chi connectivity index (χ3v) is 4.39. The number of nitrogens with one attached hydrogen (secondary N) is 1. The van der Waals surface area contributed by atoms with Gasteiger partial charge in [-0.2, -0.15) is 5.10 Å². The summed E-state index contributed by atoms with van der Waals surface area (Å²) in [6.07, 6.45) is 0. The Bertz CT molecular complexity index is 618. The molecule has 3 nitrogen and oxygen atoms in total. The monoisotopic (exact) mass is 305 g/mol. The van der Waals surface area contributed by atoms with E-state index < -0.39 is 0 Å². The molecule has 1 heterocycles. The summed E-state index contributed by atoms with van der Waals surface area (Å²) in [6.45, 7) is 11.6. The summed E-state index contributed by atoms with van der Waals surface area (Å²) >= 11 is 6.28. The van der Waals surface area contributed by atoms with E-state index >= 15 is 0 Å². The summed E-state index contributed by atoms with van der Waals surface area (Å²) < 4.78 is 2.06. The van der Waals surface area contributed by atoms with Crippen molar-refractivity contribution >= 4 is 11.6 Å². The minimum atomic E-state index is 0.192. The van der Waals surface area contributed by atoms with Crippen LogP contribution in [-0.2, 0) is 6.54 Å². The van der Waals surface area contributed by atoms with Crippen LogP contribution in [-0.4, -0.2) is 9.78 Å². The zero-order chi connectivity index (χ0) is 15.6. The van der Waals surface area contributed by atoms with Gasteiger partial charge in [-0.15, -0.1) is 0 Å². The van der Waals surface area contributed by atoms with Crippen molar-refractivity contribution in [2.75, 3.05) is 0 Å². The highest BCUT2D eigenvalue weighted by Crippen LogP contribution is 2.27. The van der Waals surface area contributed by atoms with E-state index in [0.29, 0.717) is 0 Å². The molecule has 0 fully saturated rings. The molecular formula is C17H24ClN3. The summed E-state index contributed by atoms with van der Waals surface area (Å²) in [5.74, 6) is 0. The minimum Gasteiger partial charge on any atom is -0.303 e. The molecule has 0 saturated carbocycles. The molecule has 2 atom stereocenters. The molecule has 0 radical (unpaired) electrons. The molecule has 2 rings (SSSR count). The van der Waals surface area contributed by atoms with Gasteiger partial charge in [-0.05, 0) is 46.2 Å². The zero-order valence-electron chi connectivity index (χ0n) is 13.4. The largest absolute Gasteiger partial charge is 0.303 e. The Kier molecular flexibility index (Phi) is 5.07. The van der Waals surface area contributed by atoms with Crippen LogP contribution >= 0.6 is 11.6 Å². The van der Waals surface area contributed by atoms with Gasteiger partial charge in [0.25, 0.3) is 0 Å². The summed E-state index contributed by atoms with van der Waals surface area (Å²) in [5.41, 5.74) is 4.75. The fourth-order valence-electron chi connectivity index (χ4n) is 3.02. The van der Waals surface area contributed by atoms with E-state index in [1.165, 1.54) is 11.3 Å². The van der Waals surface area contributed by atoms with Gasteiger partial charge in [-0.25, -0.2) is 0 Å². The Labute approximate surface area is 132 Å². The predicted molar refractivity (Wildman–Crippen MR) is 88.8 cm³/mol. The van der Waals surface area contributed by atoms with Crippen molar-refractivity contribution in [2.45, 2.75) is 53.2 Å². The Morgan fingerprint density at radius 1 is 1.19 bits per heavy atom. The van der Waals surface area contributed by atoms with Crippen LogP contribution in [0.15, 0.2) is 24.3 Å². The second-order valence-electron chi connectivity index (χ2n) is 5.53. The van der Waals surface area contributed by atoms with Crippen LogP contribution in [0.4, 0.5) is 0 Å². The fourth-order valence-corrected chi connectivity index (χ4v) is 3.32. The third-order valence-electron chi connectivity index (χ3n) is 4.04. The second kappa shape index (κ2) is 6.63. The van der Waals surface area contributed by atoms with Crippen LogP contribution in [0.3, 0.4) is 0 Å². The lowest BCUT2D eigenvalue weighted by atomic mass is 10.0. The van der Waals surface area contributed by atoms with Crippen LogP contribution in [0.25, 0.3) is 0 Å². The Hall–Kier alpha value is -1.32. The van der Waals surface area contributed by atoms with Crippen molar-refractivity contribution in [3.8, 4) is 0 Å². The first kappa shape index (κ1) is 16.1. The molecule has 21 heavy (non-hydrogen) atoms. The number of aryl methyl sites for hydroxylation is 2. The maximum Gasteiger partial charge on any atom is 0.0644 e. The normalized spacial score (nSPS) is 14.2. The standard InChI is InChI=1S/C17H24ClN3/c1-6-21-14(5)17(13(4)20-21)12(3)19-11(2)15-9-7-8-10-16(15)18/h7-12,19H,6H2,1-5H3/t11-,12?/m1/s1. The molecule has 0 amide bonds. The van der Waals surface area contributed by atoms with E-state index in [4.69, 9.17) is 11.6 Å². The quantitative estimate of drug-likeness (QED) is 0.876. The number of hydrogen-bond donors (Lipinski definition) is 1. The molecular weight excluding hydrogens is 282 g/mol. The highest BCUT2D eigenvalue weighted by Gasteiger charge is 2.19. The van der Waals surface area contributed by atoms with Crippen molar-refractivity contribution in [3.63, 3.8) is 0 Å². The van der Waals surface area contributed by atoms with Crippen molar-refractivity contribution < 1.29 is 0 Å². The lowest BCUT2D eigenvalue weighted by molar-refractivity contribution is 0.491. The van der Waals surface area contributed by atoms with E-state index in [2.05, 4.69) is 55.8 Å². The molecule has 0 aliphatic heterocycles. The van der Waals surface area contributed by atoms with Gasteiger partial charge in [-0.3, -0.25) is 4.68 Å². The summed E-state index contributed by atoms with van der Waals surface area (Å²) in [4.78, 5) is 0. The van der Waals surface area contributed by atoms with Gasteiger partial charge in [0.1, 0.15) is 0 Å². The molecule has 114 valence electrons. The van der Waals surface area contributed by atoms with E-state index in [1.807, 2.05) is 18.2 Å². The summed E-state index contributed by atoms with van der Waals surface area (Å²) in [6, 6.07) is 8.42. The molecule has 1 aromatic heterocycles. The fraction of sp³-hybridized carbons (Fsp3) is 0.471. The van der Waals surface area contributed by atoms with Crippen molar-refractivity contribution in [1.29, 1.82) is 0 Å². The molecule has 0 spiro atoms. The zero-order valence-corrected chi connectivity index (χ0v) is 14.2. The number of benzene rings is 1. The highest BCUT2D eigenvalue weighted by molar-refractivity contribution is 6.31. The Morgan fingerprint density at radius 3 is 2.43 bits per heavy atom. The first-order chi connectivity index (χ1) is 9.95. The van der Waals surface area contributed by atoms with Gasteiger partial charge < -0.3 is 5.32 Å². The lowest BCUT2D eigenvalue weighted by Crippen LogP contribution is -2.23.